The quantitative estimate of drug-likeness (QED) is 0.828. The molecule has 0 saturated heterocycles. The number of hydrogen-bond donors (Lipinski definition) is 1. The zero-order valence-corrected chi connectivity index (χ0v) is 16.4. The highest BCUT2D eigenvalue weighted by Crippen LogP contribution is 2.33. The molecule has 1 aromatic carbocycles. The number of nitrogens with zero attached hydrogens (tertiary/aromatic N) is 3. The number of carbonyl (C=O) groups excluding carboxylic acids is 2. The predicted molar refractivity (Wildman–Crippen MR) is 102 cm³/mol. The number of nitrogens with one attached hydrogen (secondary N) is 1. The van der Waals surface area contributed by atoms with Gasteiger partial charge in [-0.2, -0.15) is 5.10 Å². The van der Waals surface area contributed by atoms with Gasteiger partial charge in [0.2, 0.25) is 5.91 Å². The average Bonchev–Trinajstić information content (AvgIpc) is 3.35. The van der Waals surface area contributed by atoms with Crippen LogP contribution in [0.25, 0.3) is 0 Å². The van der Waals surface area contributed by atoms with Gasteiger partial charge in [-0.1, -0.05) is 25.0 Å². The van der Waals surface area contributed by atoms with Crippen LogP contribution in [0, 0.1) is 6.92 Å². The van der Waals surface area contributed by atoms with Gasteiger partial charge in [0.1, 0.15) is 10.7 Å². The van der Waals surface area contributed by atoms with Crippen molar-refractivity contribution in [3.63, 3.8) is 0 Å². The molecule has 0 bridgehead atoms. The van der Waals surface area contributed by atoms with Gasteiger partial charge in [0.15, 0.2) is 0 Å². The molecule has 0 radical (unpaired) electrons. The van der Waals surface area contributed by atoms with Crippen molar-refractivity contribution in [1.29, 1.82) is 0 Å². The van der Waals surface area contributed by atoms with Crippen LogP contribution in [0.15, 0.2) is 35.4 Å². The van der Waals surface area contributed by atoms with Crippen LogP contribution >= 0.6 is 0 Å². The molecule has 2 aromatic rings. The monoisotopic (exact) mass is 402 g/mol. The standard InChI is InChI=1S/C19H22N4O4S/c1-13-12-20-23(14-6-2-3-7-14)18(13)21-17(24)10-11-22-19(25)15-8-4-5-9-16(15)28(22,26)27/h4-5,8-9,12,14H,2-3,6-7,10-11H2,1H3,(H,21,24). The maximum absolute atomic E-state index is 12.6. The van der Waals surface area contributed by atoms with Crippen molar-refractivity contribution in [2.24, 2.45) is 0 Å². The van der Waals surface area contributed by atoms with Crippen LogP contribution < -0.4 is 5.32 Å². The molecule has 1 fully saturated rings. The number of carbonyl (C=O) groups is 2. The van der Waals surface area contributed by atoms with Crippen LogP contribution in [-0.2, 0) is 14.8 Å². The predicted octanol–water partition coefficient (Wildman–Crippen LogP) is 2.48. The largest absolute Gasteiger partial charge is 0.311 e. The van der Waals surface area contributed by atoms with Gasteiger partial charge >= 0.3 is 0 Å². The number of anilines is 1. The van der Waals surface area contributed by atoms with E-state index in [1.54, 1.807) is 18.3 Å². The third kappa shape index (κ3) is 3.09. The van der Waals surface area contributed by atoms with Crippen molar-refractivity contribution in [2.45, 2.75) is 50.0 Å². The highest BCUT2D eigenvalue weighted by Gasteiger charge is 2.40. The Hall–Kier alpha value is -2.68. The van der Waals surface area contributed by atoms with Crippen LogP contribution in [0.2, 0.25) is 0 Å². The second-order valence-electron chi connectivity index (χ2n) is 7.24. The SMILES string of the molecule is Cc1cnn(C2CCCC2)c1NC(=O)CCN1C(=O)c2ccccc2S1(=O)=O. The Kier molecular flexibility index (Phi) is 4.70. The van der Waals surface area contributed by atoms with E-state index in [9.17, 15) is 18.0 Å². The average molecular weight is 402 g/mol. The first-order valence-electron chi connectivity index (χ1n) is 9.39. The molecular weight excluding hydrogens is 380 g/mol. The molecule has 2 heterocycles. The molecule has 9 heteroatoms. The second-order valence-corrected chi connectivity index (χ2v) is 9.07. The number of fused-ring (bicyclic) bond motifs is 1. The molecule has 0 spiro atoms. The van der Waals surface area contributed by atoms with E-state index in [0.29, 0.717) is 5.82 Å². The first-order chi connectivity index (χ1) is 13.4. The minimum atomic E-state index is -3.90. The molecule has 28 heavy (non-hydrogen) atoms. The van der Waals surface area contributed by atoms with Crippen molar-refractivity contribution < 1.29 is 18.0 Å². The van der Waals surface area contributed by atoms with E-state index in [1.165, 1.54) is 12.1 Å². The lowest BCUT2D eigenvalue weighted by Gasteiger charge is -2.17. The lowest BCUT2D eigenvalue weighted by molar-refractivity contribution is -0.116. The zero-order valence-electron chi connectivity index (χ0n) is 15.6. The summed E-state index contributed by atoms with van der Waals surface area (Å²) in [6.45, 7) is 1.68. The summed E-state index contributed by atoms with van der Waals surface area (Å²) < 4.78 is 27.8. The number of aryl methyl sites for hydroxylation is 1. The van der Waals surface area contributed by atoms with Crippen molar-refractivity contribution in [3.05, 3.63) is 41.6 Å². The zero-order chi connectivity index (χ0) is 19.9. The maximum Gasteiger partial charge on any atom is 0.269 e. The smallest absolute Gasteiger partial charge is 0.269 e. The molecule has 1 saturated carbocycles. The molecule has 2 aliphatic rings. The summed E-state index contributed by atoms with van der Waals surface area (Å²) in [5.41, 5.74) is 1.01. The number of amides is 2. The number of benzene rings is 1. The third-order valence-corrected chi connectivity index (χ3v) is 7.20. The van der Waals surface area contributed by atoms with Crippen molar-refractivity contribution >= 4 is 27.7 Å². The minimum Gasteiger partial charge on any atom is -0.311 e. The summed E-state index contributed by atoms with van der Waals surface area (Å²) in [6, 6.07) is 6.37. The Balaban J connectivity index is 1.45. The van der Waals surface area contributed by atoms with E-state index in [1.807, 2.05) is 11.6 Å². The molecule has 0 atom stereocenters. The van der Waals surface area contributed by atoms with E-state index >= 15 is 0 Å². The van der Waals surface area contributed by atoms with Gasteiger partial charge < -0.3 is 5.32 Å². The topological polar surface area (TPSA) is 101 Å². The molecule has 4 rings (SSSR count). The van der Waals surface area contributed by atoms with Crippen LogP contribution in [0.3, 0.4) is 0 Å². The summed E-state index contributed by atoms with van der Waals surface area (Å²) in [4.78, 5) is 24.9. The Morgan fingerprint density at radius 2 is 1.96 bits per heavy atom. The number of aromatic nitrogens is 2. The third-order valence-electron chi connectivity index (χ3n) is 5.36. The molecule has 8 nitrogen and oxygen atoms in total. The molecular formula is C19H22N4O4S. The first-order valence-corrected chi connectivity index (χ1v) is 10.8. The van der Waals surface area contributed by atoms with E-state index in [4.69, 9.17) is 0 Å². The van der Waals surface area contributed by atoms with Crippen LogP contribution in [0.5, 0.6) is 0 Å². The van der Waals surface area contributed by atoms with Crippen LogP contribution in [0.1, 0.15) is 54.1 Å². The van der Waals surface area contributed by atoms with Crippen molar-refractivity contribution in [1.82, 2.24) is 14.1 Å². The lowest BCUT2D eigenvalue weighted by Crippen LogP contribution is -2.33. The van der Waals surface area contributed by atoms with Crippen molar-refractivity contribution in [3.8, 4) is 0 Å². The minimum absolute atomic E-state index is 0.00411. The fourth-order valence-corrected chi connectivity index (χ4v) is 5.45. The van der Waals surface area contributed by atoms with Gasteiger partial charge in [-0.05, 0) is 31.9 Å². The van der Waals surface area contributed by atoms with Gasteiger partial charge in [0.05, 0.1) is 17.8 Å². The summed E-state index contributed by atoms with van der Waals surface area (Å²) >= 11 is 0. The maximum atomic E-state index is 12.6. The summed E-state index contributed by atoms with van der Waals surface area (Å²) in [5, 5.41) is 7.24. The van der Waals surface area contributed by atoms with E-state index in [0.717, 1.165) is 35.6 Å². The number of hydrogen-bond acceptors (Lipinski definition) is 5. The molecule has 2 amide bonds. The van der Waals surface area contributed by atoms with E-state index in [2.05, 4.69) is 10.4 Å². The van der Waals surface area contributed by atoms with Gasteiger partial charge in [-0.15, -0.1) is 0 Å². The summed E-state index contributed by atoms with van der Waals surface area (Å²) in [6.07, 6.45) is 5.96. The first kappa shape index (κ1) is 18.7. The Bertz CT molecular complexity index is 1040. The van der Waals surface area contributed by atoms with Crippen LogP contribution in [0.4, 0.5) is 5.82 Å². The Morgan fingerprint density at radius 3 is 2.68 bits per heavy atom. The highest BCUT2D eigenvalue weighted by molar-refractivity contribution is 7.90. The fourth-order valence-electron chi connectivity index (χ4n) is 3.88. The van der Waals surface area contributed by atoms with Gasteiger partial charge in [0.25, 0.3) is 15.9 Å². The van der Waals surface area contributed by atoms with E-state index in [-0.39, 0.29) is 35.4 Å². The Labute approximate surface area is 163 Å². The van der Waals surface area contributed by atoms with Crippen LogP contribution in [-0.4, -0.2) is 40.9 Å². The normalized spacial score (nSPS) is 18.5. The lowest BCUT2D eigenvalue weighted by atomic mass is 10.2. The molecule has 148 valence electrons. The summed E-state index contributed by atoms with van der Waals surface area (Å²) in [7, 11) is -3.90. The van der Waals surface area contributed by atoms with Gasteiger partial charge in [0, 0.05) is 18.5 Å². The second kappa shape index (κ2) is 7.05. The van der Waals surface area contributed by atoms with E-state index < -0.39 is 15.9 Å². The molecule has 0 unspecified atom stereocenters. The van der Waals surface area contributed by atoms with Crippen molar-refractivity contribution in [2.75, 3.05) is 11.9 Å². The summed E-state index contributed by atoms with van der Waals surface area (Å²) in [5.74, 6) is -0.284. The molecule has 1 aliphatic heterocycles. The highest BCUT2D eigenvalue weighted by atomic mass is 32.2. The molecule has 1 N–H and O–H groups in total. The van der Waals surface area contributed by atoms with Gasteiger partial charge in [-0.25, -0.2) is 17.4 Å². The molecule has 1 aliphatic carbocycles. The fraction of sp³-hybridized carbons (Fsp3) is 0.421. The van der Waals surface area contributed by atoms with Gasteiger partial charge in [-0.3, -0.25) is 9.59 Å². The Morgan fingerprint density at radius 1 is 1.25 bits per heavy atom. The molecule has 1 aromatic heterocycles. The number of sulfonamides is 1. The number of rotatable bonds is 5.